The van der Waals surface area contributed by atoms with Crippen molar-refractivity contribution in [2.24, 2.45) is 17.0 Å². The number of hydrogen-bond acceptors (Lipinski definition) is 8. The van der Waals surface area contributed by atoms with Crippen molar-refractivity contribution >= 4 is 39.1 Å². The van der Waals surface area contributed by atoms with Crippen LogP contribution in [0.1, 0.15) is 56.5 Å². The van der Waals surface area contributed by atoms with Crippen LogP contribution in [0.2, 0.25) is 0 Å². The van der Waals surface area contributed by atoms with Gasteiger partial charge in [-0.05, 0) is 66.1 Å². The Morgan fingerprint density at radius 1 is 1.00 bits per heavy atom. The normalized spacial score (nSPS) is 16.0. The summed E-state index contributed by atoms with van der Waals surface area (Å²) < 4.78 is 29.2. The van der Waals surface area contributed by atoms with E-state index in [0.717, 1.165) is 27.7 Å². The second-order valence-corrected chi connectivity index (χ2v) is 16.5. The van der Waals surface area contributed by atoms with Crippen molar-refractivity contribution in [3.8, 4) is 0 Å². The molecule has 4 aromatic rings. The molecule has 3 amide bonds. The fourth-order valence-electron chi connectivity index (χ4n) is 7.04. The van der Waals surface area contributed by atoms with Crippen molar-refractivity contribution in [1.82, 2.24) is 24.4 Å². The number of aliphatic hydroxyl groups excluding tert-OH is 1. The lowest BCUT2D eigenvalue weighted by molar-refractivity contribution is -0.128. The fraction of sp³-hybridized carbons (Fsp3) is 0.415. The molecule has 5 rings (SSSR count). The molecule has 54 heavy (non-hydrogen) atoms. The molecule has 0 bridgehead atoms. The lowest BCUT2D eigenvalue weighted by Crippen LogP contribution is -2.57. The van der Waals surface area contributed by atoms with E-state index in [1.165, 1.54) is 34.8 Å². The number of nitrogens with zero attached hydrogens (tertiary/aromatic N) is 5. The van der Waals surface area contributed by atoms with Crippen LogP contribution in [0, 0.1) is 18.8 Å². The number of carbonyl (C=O) groups excluding carboxylic acids is 2. The van der Waals surface area contributed by atoms with Crippen molar-refractivity contribution in [2.45, 2.75) is 77.1 Å². The first-order valence-corrected chi connectivity index (χ1v) is 20.0. The molecule has 0 spiro atoms. The highest BCUT2D eigenvalue weighted by Gasteiger charge is 2.41. The van der Waals surface area contributed by atoms with Gasteiger partial charge in [0.25, 0.3) is 0 Å². The monoisotopic (exact) mass is 756 g/mol. The molecule has 0 radical (unpaired) electrons. The number of aryl methyl sites for hydroxylation is 1. The summed E-state index contributed by atoms with van der Waals surface area (Å²) in [5, 5.41) is 27.8. The number of oxime groups is 1. The van der Waals surface area contributed by atoms with Crippen molar-refractivity contribution in [2.75, 3.05) is 26.2 Å². The summed E-state index contributed by atoms with van der Waals surface area (Å²) in [7, 11) is -4.07. The Hall–Kier alpha value is -4.85. The van der Waals surface area contributed by atoms with Crippen molar-refractivity contribution in [3.05, 3.63) is 107 Å². The number of amides is 3. The van der Waals surface area contributed by atoms with Gasteiger partial charge in [0.15, 0.2) is 0 Å². The maximum atomic E-state index is 14.4. The van der Waals surface area contributed by atoms with E-state index in [9.17, 15) is 23.1 Å². The van der Waals surface area contributed by atoms with Gasteiger partial charge in [-0.25, -0.2) is 13.2 Å². The Kier molecular flexibility index (Phi) is 13.4. The van der Waals surface area contributed by atoms with E-state index in [0.29, 0.717) is 31.6 Å². The SMILES string of the molecule is CC[C@H](C)[C@@H](C(=O)N[C@@H](Cc1ccccc1)[C@H](O)CN(CC(C)C)S(=O)(=O)c1ccc(/C=N/O)cc1)N1CCN(Cc2cc(C)nc3ccccc23)C1=O. The summed E-state index contributed by atoms with van der Waals surface area (Å²) in [5.41, 5.74) is 4.08. The third kappa shape index (κ3) is 9.62. The number of rotatable bonds is 17. The Bertz CT molecular complexity index is 2030. The number of benzene rings is 3. The molecular weight excluding hydrogens is 705 g/mol. The molecule has 0 saturated carbocycles. The standard InChI is InChI=1S/C41H52N6O6S/c1-6-29(4)39(47-21-20-45(41(47)50)26-33-22-30(5)43-36-15-11-10-14-35(33)36)40(49)44-37(23-31-12-8-7-9-13-31)38(48)27-46(25-28(2)3)54(52,53)34-18-16-32(17-19-34)24-42-51/h7-19,22,24,28-29,37-39,48,51H,6,20-21,23,25-27H2,1-5H3,(H,44,49)/b42-24+/t29-,37-,38+,39-/m0/s1. The minimum absolute atomic E-state index is 0.0259. The van der Waals surface area contributed by atoms with Gasteiger partial charge in [0.1, 0.15) is 6.04 Å². The Labute approximate surface area is 318 Å². The van der Waals surface area contributed by atoms with Crippen molar-refractivity contribution in [1.29, 1.82) is 0 Å². The van der Waals surface area contributed by atoms with Gasteiger partial charge in [0, 0.05) is 43.8 Å². The molecule has 0 unspecified atom stereocenters. The molecular formula is C41H52N6O6S. The number of aromatic nitrogens is 1. The number of para-hydroxylation sites is 1. The van der Waals surface area contributed by atoms with Gasteiger partial charge < -0.3 is 25.4 Å². The van der Waals surface area contributed by atoms with E-state index in [-0.39, 0.29) is 42.3 Å². The second kappa shape index (κ2) is 18.0. The summed E-state index contributed by atoms with van der Waals surface area (Å²) in [6.45, 7) is 10.7. The number of hydrogen-bond donors (Lipinski definition) is 3. The van der Waals surface area contributed by atoms with E-state index in [1.807, 2.05) is 95.3 Å². The van der Waals surface area contributed by atoms with Crippen molar-refractivity contribution in [3.63, 3.8) is 0 Å². The zero-order chi connectivity index (χ0) is 39.0. The van der Waals surface area contributed by atoms with Gasteiger partial charge in [-0.3, -0.25) is 9.78 Å². The Morgan fingerprint density at radius 3 is 2.35 bits per heavy atom. The molecule has 1 aliphatic heterocycles. The van der Waals surface area contributed by atoms with E-state index < -0.39 is 34.1 Å². The highest BCUT2D eigenvalue weighted by atomic mass is 32.2. The van der Waals surface area contributed by atoms with Gasteiger partial charge in [-0.1, -0.05) is 99.9 Å². The second-order valence-electron chi connectivity index (χ2n) is 14.6. The highest BCUT2D eigenvalue weighted by Crippen LogP contribution is 2.26. The minimum atomic E-state index is -4.07. The van der Waals surface area contributed by atoms with Crippen LogP contribution >= 0.6 is 0 Å². The maximum Gasteiger partial charge on any atom is 0.321 e. The third-order valence-corrected chi connectivity index (χ3v) is 11.8. The van der Waals surface area contributed by atoms with E-state index in [2.05, 4.69) is 15.5 Å². The third-order valence-electron chi connectivity index (χ3n) is 9.98. The minimum Gasteiger partial charge on any atom is -0.411 e. The summed E-state index contributed by atoms with van der Waals surface area (Å²) in [4.78, 5) is 36.6. The number of fused-ring (bicyclic) bond motifs is 1. The first-order valence-electron chi connectivity index (χ1n) is 18.5. The number of carbonyl (C=O) groups is 2. The molecule has 13 heteroatoms. The topological polar surface area (TPSA) is 156 Å². The molecule has 288 valence electrons. The lowest BCUT2D eigenvalue weighted by atomic mass is 9.95. The smallest absolute Gasteiger partial charge is 0.321 e. The summed E-state index contributed by atoms with van der Waals surface area (Å²) >= 11 is 0. The zero-order valence-electron chi connectivity index (χ0n) is 31.7. The molecule has 0 aliphatic carbocycles. The van der Waals surface area contributed by atoms with Crippen LogP contribution in [-0.2, 0) is 27.8 Å². The first kappa shape index (κ1) is 40.3. The summed E-state index contributed by atoms with van der Waals surface area (Å²) in [6.07, 6.45) is 0.771. The van der Waals surface area contributed by atoms with Crippen LogP contribution < -0.4 is 5.32 Å². The first-order chi connectivity index (χ1) is 25.8. The van der Waals surface area contributed by atoms with Gasteiger partial charge in [0.05, 0.1) is 28.8 Å². The van der Waals surface area contributed by atoms with E-state index in [4.69, 9.17) is 5.21 Å². The molecule has 3 N–H and O–H groups in total. The maximum absolute atomic E-state index is 14.4. The van der Waals surface area contributed by atoms with Crippen LogP contribution in [0.15, 0.2) is 95.0 Å². The van der Waals surface area contributed by atoms with Crippen molar-refractivity contribution < 1.29 is 28.3 Å². The highest BCUT2D eigenvalue weighted by molar-refractivity contribution is 7.89. The molecule has 2 heterocycles. The van der Waals surface area contributed by atoms with Gasteiger partial charge >= 0.3 is 6.03 Å². The predicted octanol–water partition coefficient (Wildman–Crippen LogP) is 5.44. The molecule has 3 aromatic carbocycles. The zero-order valence-corrected chi connectivity index (χ0v) is 32.5. The molecule has 1 aliphatic rings. The Balaban J connectivity index is 1.39. The molecule has 1 fully saturated rings. The van der Waals surface area contributed by atoms with E-state index >= 15 is 0 Å². The van der Waals surface area contributed by atoms with Gasteiger partial charge in [0.2, 0.25) is 15.9 Å². The average Bonchev–Trinajstić information content (AvgIpc) is 3.49. The molecule has 4 atom stereocenters. The quantitative estimate of drug-likeness (QED) is 0.0737. The number of nitrogens with one attached hydrogen (secondary N) is 1. The Morgan fingerprint density at radius 2 is 1.69 bits per heavy atom. The fourth-order valence-corrected chi connectivity index (χ4v) is 8.66. The molecule has 1 saturated heterocycles. The van der Waals surface area contributed by atoms with Crippen LogP contribution in [0.4, 0.5) is 4.79 Å². The lowest BCUT2D eigenvalue weighted by Gasteiger charge is -2.35. The predicted molar refractivity (Wildman–Crippen MR) is 210 cm³/mol. The van der Waals surface area contributed by atoms with Crippen LogP contribution in [0.5, 0.6) is 0 Å². The number of urea groups is 1. The molecule has 1 aromatic heterocycles. The van der Waals surface area contributed by atoms with Crippen LogP contribution in [0.25, 0.3) is 10.9 Å². The van der Waals surface area contributed by atoms with Crippen LogP contribution in [0.3, 0.4) is 0 Å². The number of sulfonamides is 1. The van der Waals surface area contributed by atoms with Gasteiger partial charge in [-0.2, -0.15) is 4.31 Å². The molecule has 12 nitrogen and oxygen atoms in total. The summed E-state index contributed by atoms with van der Waals surface area (Å²) in [5.74, 6) is -0.670. The number of aliphatic hydroxyl groups is 1. The number of pyridine rings is 1. The van der Waals surface area contributed by atoms with E-state index in [1.54, 1.807) is 9.80 Å². The largest absolute Gasteiger partial charge is 0.411 e. The average molecular weight is 757 g/mol. The van der Waals surface area contributed by atoms with Crippen LogP contribution in [-0.4, -0.2) is 100 Å². The summed E-state index contributed by atoms with van der Waals surface area (Å²) in [6, 6.07) is 23.2. The van der Waals surface area contributed by atoms with Gasteiger partial charge in [-0.15, -0.1) is 0 Å².